The van der Waals surface area contributed by atoms with Crippen LogP contribution in [0.5, 0.6) is 0 Å². The van der Waals surface area contributed by atoms with E-state index in [0.29, 0.717) is 18.6 Å². The predicted octanol–water partition coefficient (Wildman–Crippen LogP) is 2.79. The third kappa shape index (κ3) is 2.20. The highest BCUT2D eigenvalue weighted by Crippen LogP contribution is 2.31. The molecule has 0 unspecified atom stereocenters. The lowest BCUT2D eigenvalue weighted by molar-refractivity contribution is -0.137. The second kappa shape index (κ2) is 4.61. The number of nitrogens with one attached hydrogen (secondary N) is 1. The first-order valence-corrected chi connectivity index (χ1v) is 5.68. The van der Waals surface area contributed by atoms with Crippen LogP contribution < -0.4 is 5.32 Å². The van der Waals surface area contributed by atoms with Crippen LogP contribution in [-0.4, -0.2) is 16.6 Å². The van der Waals surface area contributed by atoms with Gasteiger partial charge in [0.1, 0.15) is 5.82 Å². The van der Waals surface area contributed by atoms with Gasteiger partial charge in [-0.25, -0.2) is 4.98 Å². The Kier molecular flexibility index (Phi) is 3.30. The van der Waals surface area contributed by atoms with Crippen molar-refractivity contribution in [2.75, 3.05) is 7.05 Å². The maximum atomic E-state index is 12.6. The van der Waals surface area contributed by atoms with Crippen molar-refractivity contribution in [3.63, 3.8) is 0 Å². The Morgan fingerprint density at radius 2 is 2.06 bits per heavy atom. The highest BCUT2D eigenvalue weighted by atomic mass is 19.4. The van der Waals surface area contributed by atoms with Crippen LogP contribution in [0.4, 0.5) is 13.2 Å². The van der Waals surface area contributed by atoms with Crippen molar-refractivity contribution in [1.82, 2.24) is 14.9 Å². The molecule has 1 aromatic heterocycles. The highest BCUT2D eigenvalue weighted by molar-refractivity contribution is 5.77. The molecule has 0 spiro atoms. The van der Waals surface area contributed by atoms with Crippen LogP contribution in [-0.2, 0) is 19.3 Å². The van der Waals surface area contributed by atoms with Gasteiger partial charge in [0.2, 0.25) is 0 Å². The molecule has 0 radical (unpaired) electrons. The van der Waals surface area contributed by atoms with Crippen LogP contribution in [0.3, 0.4) is 0 Å². The van der Waals surface area contributed by atoms with Gasteiger partial charge < -0.3 is 9.88 Å². The quantitative estimate of drug-likeness (QED) is 0.916. The van der Waals surface area contributed by atoms with Crippen molar-refractivity contribution in [2.24, 2.45) is 0 Å². The summed E-state index contributed by atoms with van der Waals surface area (Å²) in [6.45, 7) is 3.15. The van der Waals surface area contributed by atoms with Crippen molar-refractivity contribution in [2.45, 2.75) is 26.2 Å². The minimum atomic E-state index is -4.33. The Morgan fingerprint density at radius 3 is 2.61 bits per heavy atom. The van der Waals surface area contributed by atoms with Crippen molar-refractivity contribution in [1.29, 1.82) is 0 Å². The van der Waals surface area contributed by atoms with Crippen molar-refractivity contribution in [3.05, 3.63) is 29.6 Å². The average Bonchev–Trinajstić information content (AvgIpc) is 2.64. The van der Waals surface area contributed by atoms with Crippen LogP contribution in [0.15, 0.2) is 18.2 Å². The van der Waals surface area contributed by atoms with E-state index < -0.39 is 11.7 Å². The first-order chi connectivity index (χ1) is 8.47. The zero-order valence-corrected chi connectivity index (χ0v) is 10.2. The Bertz CT molecular complexity index is 557. The fraction of sp³-hybridized carbons (Fsp3) is 0.417. The van der Waals surface area contributed by atoms with E-state index in [4.69, 9.17) is 0 Å². The number of hydrogen-bond acceptors (Lipinski definition) is 2. The smallest absolute Gasteiger partial charge is 0.327 e. The molecule has 1 heterocycles. The third-order valence-corrected chi connectivity index (χ3v) is 2.81. The summed E-state index contributed by atoms with van der Waals surface area (Å²) < 4.78 is 39.7. The molecule has 0 aliphatic heterocycles. The molecule has 0 saturated carbocycles. The van der Waals surface area contributed by atoms with Crippen LogP contribution in [0.25, 0.3) is 11.0 Å². The van der Waals surface area contributed by atoms with E-state index in [1.165, 1.54) is 6.07 Å². The molecular formula is C12H14F3N3. The number of aromatic nitrogens is 2. The molecular weight excluding hydrogens is 243 g/mol. The molecule has 0 fully saturated rings. The van der Waals surface area contributed by atoms with Gasteiger partial charge in [-0.05, 0) is 32.2 Å². The van der Waals surface area contributed by atoms with E-state index in [1.54, 1.807) is 7.05 Å². The van der Waals surface area contributed by atoms with Gasteiger partial charge in [0.05, 0.1) is 23.1 Å². The van der Waals surface area contributed by atoms with Gasteiger partial charge in [-0.2, -0.15) is 13.2 Å². The molecule has 0 aliphatic rings. The third-order valence-electron chi connectivity index (χ3n) is 2.81. The molecule has 0 amide bonds. The summed E-state index contributed by atoms with van der Waals surface area (Å²) in [5, 5.41) is 2.96. The number of rotatable bonds is 3. The molecule has 0 aliphatic carbocycles. The number of fused-ring (bicyclic) bond motifs is 1. The van der Waals surface area contributed by atoms with Crippen molar-refractivity contribution >= 4 is 11.0 Å². The van der Waals surface area contributed by atoms with E-state index >= 15 is 0 Å². The van der Waals surface area contributed by atoms with Gasteiger partial charge in [-0.15, -0.1) is 0 Å². The van der Waals surface area contributed by atoms with Gasteiger partial charge in [0, 0.05) is 6.54 Å². The zero-order valence-electron chi connectivity index (χ0n) is 10.2. The summed E-state index contributed by atoms with van der Waals surface area (Å²) in [5.41, 5.74) is 0.458. The molecule has 0 saturated heterocycles. The lowest BCUT2D eigenvalue weighted by Crippen LogP contribution is -2.11. The Morgan fingerprint density at radius 1 is 1.33 bits per heavy atom. The molecule has 18 heavy (non-hydrogen) atoms. The van der Waals surface area contributed by atoms with Gasteiger partial charge in [-0.3, -0.25) is 0 Å². The Labute approximate surface area is 103 Å². The van der Waals surface area contributed by atoms with E-state index in [9.17, 15) is 13.2 Å². The summed E-state index contributed by atoms with van der Waals surface area (Å²) >= 11 is 0. The van der Waals surface area contributed by atoms with Crippen LogP contribution in [0, 0.1) is 0 Å². The van der Waals surface area contributed by atoms with Crippen molar-refractivity contribution < 1.29 is 13.2 Å². The zero-order chi connectivity index (χ0) is 13.3. The van der Waals surface area contributed by atoms with Gasteiger partial charge in [0.25, 0.3) is 0 Å². The van der Waals surface area contributed by atoms with Crippen molar-refractivity contribution in [3.8, 4) is 0 Å². The normalized spacial score (nSPS) is 12.3. The molecule has 1 aromatic carbocycles. The van der Waals surface area contributed by atoms with Gasteiger partial charge in [0.15, 0.2) is 0 Å². The predicted molar refractivity (Wildman–Crippen MR) is 63.2 cm³/mol. The van der Waals surface area contributed by atoms with E-state index in [1.807, 2.05) is 11.5 Å². The molecule has 2 aromatic rings. The Hall–Kier alpha value is -1.56. The fourth-order valence-electron chi connectivity index (χ4n) is 2.00. The molecule has 3 nitrogen and oxygen atoms in total. The molecule has 2 rings (SSSR count). The number of hydrogen-bond donors (Lipinski definition) is 1. The lowest BCUT2D eigenvalue weighted by atomic mass is 10.2. The SMILES string of the molecule is CCn1c(CNC)nc2cc(C(F)(F)F)ccc21. The maximum absolute atomic E-state index is 12.6. The van der Waals surface area contributed by atoms with E-state index in [-0.39, 0.29) is 0 Å². The molecule has 0 bridgehead atoms. The minimum absolute atomic E-state index is 0.386. The lowest BCUT2D eigenvalue weighted by Gasteiger charge is -2.07. The first-order valence-electron chi connectivity index (χ1n) is 5.68. The summed E-state index contributed by atoms with van der Waals surface area (Å²) in [5.74, 6) is 0.745. The largest absolute Gasteiger partial charge is 0.416 e. The number of halogens is 3. The van der Waals surface area contributed by atoms with Crippen LogP contribution in [0.2, 0.25) is 0 Å². The summed E-state index contributed by atoms with van der Waals surface area (Å²) in [7, 11) is 1.78. The average molecular weight is 257 g/mol. The molecule has 0 atom stereocenters. The number of alkyl halides is 3. The topological polar surface area (TPSA) is 29.9 Å². The van der Waals surface area contributed by atoms with E-state index in [0.717, 1.165) is 23.5 Å². The monoisotopic (exact) mass is 257 g/mol. The molecule has 6 heteroatoms. The number of imidazole rings is 1. The summed E-state index contributed by atoms with van der Waals surface area (Å²) in [4.78, 5) is 4.25. The van der Waals surface area contributed by atoms with Gasteiger partial charge >= 0.3 is 6.18 Å². The van der Waals surface area contributed by atoms with Gasteiger partial charge in [-0.1, -0.05) is 0 Å². The van der Waals surface area contributed by atoms with Crippen LogP contribution in [0.1, 0.15) is 18.3 Å². The summed E-state index contributed by atoms with van der Waals surface area (Å²) in [6.07, 6.45) is -4.33. The standard InChI is InChI=1S/C12H14F3N3/c1-3-18-10-5-4-8(12(13,14)15)6-9(10)17-11(18)7-16-2/h4-6,16H,3,7H2,1-2H3. The Balaban J connectivity index is 2.58. The molecule has 98 valence electrons. The maximum Gasteiger partial charge on any atom is 0.416 e. The minimum Gasteiger partial charge on any atom is -0.327 e. The first kappa shape index (κ1) is 12.9. The number of aryl methyl sites for hydroxylation is 1. The second-order valence-corrected chi connectivity index (χ2v) is 4.00. The number of benzene rings is 1. The van der Waals surface area contributed by atoms with Crippen LogP contribution >= 0.6 is 0 Å². The highest BCUT2D eigenvalue weighted by Gasteiger charge is 2.31. The summed E-state index contributed by atoms with van der Waals surface area (Å²) in [6, 6.07) is 3.67. The number of nitrogens with zero attached hydrogens (tertiary/aromatic N) is 2. The van der Waals surface area contributed by atoms with E-state index in [2.05, 4.69) is 10.3 Å². The fourth-order valence-corrected chi connectivity index (χ4v) is 2.00. The molecule has 1 N–H and O–H groups in total. The second-order valence-electron chi connectivity index (χ2n) is 4.00.